The minimum Gasteiger partial charge on any atom is -0.310 e. The van der Waals surface area contributed by atoms with Gasteiger partial charge in [0.25, 0.3) is 0 Å². The molecule has 0 heterocycles. The van der Waals surface area contributed by atoms with Crippen molar-refractivity contribution in [1.82, 2.24) is 4.90 Å². The van der Waals surface area contributed by atoms with Crippen LogP contribution in [-0.2, 0) is 6.42 Å². The first kappa shape index (κ1) is 11.3. The maximum atomic E-state index is 12.9. The van der Waals surface area contributed by atoms with E-state index in [1.807, 2.05) is 14.1 Å². The van der Waals surface area contributed by atoms with E-state index in [2.05, 4.69) is 4.90 Å². The SMILES string of the molecule is CN(C)C([SiH3])Cc1ccc(F)c(F)c1. The van der Waals surface area contributed by atoms with Crippen molar-refractivity contribution in [2.75, 3.05) is 14.1 Å². The normalized spacial score (nSPS) is 13.5. The molecule has 0 aliphatic rings. The number of hydrogen-bond acceptors (Lipinski definition) is 1. The number of rotatable bonds is 3. The van der Waals surface area contributed by atoms with E-state index in [4.69, 9.17) is 0 Å². The van der Waals surface area contributed by atoms with E-state index in [0.717, 1.165) is 22.2 Å². The second kappa shape index (κ2) is 4.66. The van der Waals surface area contributed by atoms with Crippen LogP contribution >= 0.6 is 0 Å². The molecule has 1 rings (SSSR count). The average Bonchev–Trinajstić information content (AvgIpc) is 2.11. The Morgan fingerprint density at radius 2 is 1.93 bits per heavy atom. The van der Waals surface area contributed by atoms with Gasteiger partial charge in [-0.05, 0) is 43.9 Å². The van der Waals surface area contributed by atoms with Crippen LogP contribution in [0.25, 0.3) is 0 Å². The molecule has 0 aromatic heterocycles. The van der Waals surface area contributed by atoms with Crippen LogP contribution in [0.15, 0.2) is 18.2 Å². The minimum absolute atomic E-state index is 0.458. The van der Waals surface area contributed by atoms with Gasteiger partial charge in [0.15, 0.2) is 11.6 Å². The molecule has 1 unspecified atom stereocenters. The number of nitrogens with zero attached hydrogens (tertiary/aromatic N) is 1. The van der Waals surface area contributed by atoms with Crippen LogP contribution in [0.1, 0.15) is 5.56 Å². The van der Waals surface area contributed by atoms with Crippen molar-refractivity contribution >= 4 is 10.2 Å². The van der Waals surface area contributed by atoms with Crippen LogP contribution < -0.4 is 0 Å². The molecule has 4 heteroatoms. The summed E-state index contributed by atoms with van der Waals surface area (Å²) in [5.74, 6) is -1.53. The monoisotopic (exact) mass is 215 g/mol. The molecular weight excluding hydrogens is 200 g/mol. The lowest BCUT2D eigenvalue weighted by atomic mass is 10.1. The molecule has 78 valence electrons. The average molecular weight is 215 g/mol. The van der Waals surface area contributed by atoms with Gasteiger partial charge in [0.2, 0.25) is 0 Å². The molecule has 0 fully saturated rings. The predicted molar refractivity (Wildman–Crippen MR) is 57.5 cm³/mol. The summed E-state index contributed by atoms with van der Waals surface area (Å²) in [6, 6.07) is 4.12. The molecule has 1 atom stereocenters. The highest BCUT2D eigenvalue weighted by Gasteiger charge is 2.08. The first-order chi connectivity index (χ1) is 6.50. The highest BCUT2D eigenvalue weighted by Crippen LogP contribution is 2.10. The van der Waals surface area contributed by atoms with Crippen LogP contribution in [0.3, 0.4) is 0 Å². The van der Waals surface area contributed by atoms with Gasteiger partial charge in [-0.3, -0.25) is 0 Å². The van der Waals surface area contributed by atoms with Crippen molar-refractivity contribution in [1.29, 1.82) is 0 Å². The highest BCUT2D eigenvalue weighted by atomic mass is 28.1. The Morgan fingerprint density at radius 1 is 1.29 bits per heavy atom. The largest absolute Gasteiger partial charge is 0.310 e. The van der Waals surface area contributed by atoms with Gasteiger partial charge in [-0.1, -0.05) is 6.07 Å². The van der Waals surface area contributed by atoms with Gasteiger partial charge < -0.3 is 4.90 Å². The van der Waals surface area contributed by atoms with Gasteiger partial charge in [0.1, 0.15) is 0 Å². The van der Waals surface area contributed by atoms with Crippen LogP contribution in [0.4, 0.5) is 8.78 Å². The molecule has 0 bridgehead atoms. The van der Waals surface area contributed by atoms with E-state index in [-0.39, 0.29) is 0 Å². The molecule has 0 amide bonds. The van der Waals surface area contributed by atoms with Gasteiger partial charge in [-0.15, -0.1) is 0 Å². The van der Waals surface area contributed by atoms with Crippen LogP contribution in [0, 0.1) is 11.6 Å². The Bertz CT molecular complexity index is 315. The van der Waals surface area contributed by atoms with Gasteiger partial charge in [0.05, 0.1) is 0 Å². The molecule has 0 N–H and O–H groups in total. The number of likely N-dealkylation sites (N-methyl/N-ethyl adjacent to an activating group) is 1. The third-order valence-electron chi connectivity index (χ3n) is 2.40. The Labute approximate surface area is 86.2 Å². The minimum atomic E-state index is -0.775. The zero-order valence-electron chi connectivity index (χ0n) is 8.72. The van der Waals surface area contributed by atoms with Crippen molar-refractivity contribution in [3.8, 4) is 0 Å². The Hall–Kier alpha value is -0.743. The molecule has 0 radical (unpaired) electrons. The predicted octanol–water partition coefficient (Wildman–Crippen LogP) is 0.760. The second-order valence-electron chi connectivity index (χ2n) is 3.77. The highest BCUT2D eigenvalue weighted by molar-refractivity contribution is 6.11. The Kier molecular flexibility index (Phi) is 3.77. The van der Waals surface area contributed by atoms with Crippen LogP contribution in [0.2, 0.25) is 0 Å². The summed E-state index contributed by atoms with van der Waals surface area (Å²) in [6.07, 6.45) is 0.788. The number of benzene rings is 1. The van der Waals surface area contributed by atoms with Crippen molar-refractivity contribution < 1.29 is 8.78 Å². The first-order valence-corrected chi connectivity index (χ1v) is 5.76. The fourth-order valence-electron chi connectivity index (χ4n) is 1.19. The summed E-state index contributed by atoms with van der Waals surface area (Å²) in [6.45, 7) is 0. The Balaban J connectivity index is 2.73. The lowest BCUT2D eigenvalue weighted by molar-refractivity contribution is 0.373. The maximum Gasteiger partial charge on any atom is 0.159 e. The van der Waals surface area contributed by atoms with Crippen LogP contribution in [-0.4, -0.2) is 34.9 Å². The molecule has 1 nitrogen and oxygen atoms in total. The molecule has 1 aromatic carbocycles. The van der Waals surface area contributed by atoms with Crippen molar-refractivity contribution in [2.24, 2.45) is 0 Å². The van der Waals surface area contributed by atoms with E-state index in [9.17, 15) is 8.78 Å². The standard InChI is InChI=1S/C10H15F2NSi/c1-13(2)10(14)6-7-3-4-8(11)9(12)5-7/h3-5,10H,6H2,1-2,14H3. The summed E-state index contributed by atoms with van der Waals surface area (Å²) in [5.41, 5.74) is 1.32. The third kappa shape index (κ3) is 2.89. The molecular formula is C10H15F2NSi. The number of halogens is 2. The van der Waals surface area contributed by atoms with E-state index in [1.165, 1.54) is 12.1 Å². The zero-order chi connectivity index (χ0) is 10.7. The molecule has 14 heavy (non-hydrogen) atoms. The molecule has 0 spiro atoms. The van der Waals surface area contributed by atoms with E-state index in [0.29, 0.717) is 5.67 Å². The van der Waals surface area contributed by atoms with Crippen molar-refractivity contribution in [3.63, 3.8) is 0 Å². The summed E-state index contributed by atoms with van der Waals surface area (Å²) in [5, 5.41) is 0. The van der Waals surface area contributed by atoms with Gasteiger partial charge in [-0.2, -0.15) is 0 Å². The lowest BCUT2D eigenvalue weighted by Gasteiger charge is -2.19. The summed E-state index contributed by atoms with van der Waals surface area (Å²) in [4.78, 5) is 2.10. The molecule has 0 saturated carbocycles. The van der Waals surface area contributed by atoms with E-state index >= 15 is 0 Å². The molecule has 0 aliphatic heterocycles. The Morgan fingerprint density at radius 3 is 2.43 bits per heavy atom. The van der Waals surface area contributed by atoms with Crippen molar-refractivity contribution in [2.45, 2.75) is 12.1 Å². The van der Waals surface area contributed by atoms with Gasteiger partial charge in [-0.25, -0.2) is 8.78 Å². The molecule has 0 aliphatic carbocycles. The van der Waals surface area contributed by atoms with E-state index in [1.54, 1.807) is 6.07 Å². The fourth-order valence-corrected chi connectivity index (χ4v) is 1.66. The summed E-state index contributed by atoms with van der Waals surface area (Å²) < 4.78 is 25.5. The lowest BCUT2D eigenvalue weighted by Crippen LogP contribution is -2.30. The van der Waals surface area contributed by atoms with Crippen LogP contribution in [0.5, 0.6) is 0 Å². The summed E-state index contributed by atoms with van der Waals surface area (Å²) in [7, 11) is 5.01. The topological polar surface area (TPSA) is 3.24 Å². The fraction of sp³-hybridized carbons (Fsp3) is 0.400. The zero-order valence-corrected chi connectivity index (χ0v) is 10.7. The van der Waals surface area contributed by atoms with Crippen molar-refractivity contribution in [3.05, 3.63) is 35.4 Å². The maximum absolute atomic E-state index is 12.9. The third-order valence-corrected chi connectivity index (χ3v) is 3.84. The number of hydrogen-bond donors (Lipinski definition) is 0. The first-order valence-electron chi connectivity index (χ1n) is 4.61. The molecule has 0 saturated heterocycles. The van der Waals surface area contributed by atoms with Gasteiger partial charge in [0, 0.05) is 10.2 Å². The van der Waals surface area contributed by atoms with E-state index < -0.39 is 11.6 Å². The van der Waals surface area contributed by atoms with Gasteiger partial charge >= 0.3 is 0 Å². The smallest absolute Gasteiger partial charge is 0.159 e. The second-order valence-corrected chi connectivity index (χ2v) is 5.10. The summed E-state index contributed by atoms with van der Waals surface area (Å²) >= 11 is 0. The quantitative estimate of drug-likeness (QED) is 0.673. The molecule has 1 aromatic rings.